The molecular weight excluding hydrogens is 402 g/mol. The number of aromatic nitrogens is 2. The van der Waals surface area contributed by atoms with Crippen LogP contribution in [-0.4, -0.2) is 50.7 Å². The minimum Gasteiger partial charge on any atom is -0.351 e. The van der Waals surface area contributed by atoms with Crippen LogP contribution in [0.15, 0.2) is 64.8 Å². The minimum atomic E-state index is -3.62. The highest BCUT2D eigenvalue weighted by Crippen LogP contribution is 2.17. The van der Waals surface area contributed by atoms with E-state index in [0.29, 0.717) is 5.52 Å². The zero-order valence-electron chi connectivity index (χ0n) is 15.1. The average Bonchev–Trinajstić information content (AvgIpc) is 3.06. The molecule has 0 saturated heterocycles. The van der Waals surface area contributed by atoms with Gasteiger partial charge < -0.3 is 5.32 Å². The first-order chi connectivity index (χ1) is 13.2. The van der Waals surface area contributed by atoms with Crippen molar-refractivity contribution >= 4 is 31.1 Å². The average molecular weight is 422 g/mol. The van der Waals surface area contributed by atoms with E-state index in [1.54, 1.807) is 36.4 Å². The summed E-state index contributed by atoms with van der Waals surface area (Å²) in [4.78, 5) is 16.7. The standard InChI is InChI=1S/C18H19N3O5S2/c1-27(23,24)18-20-16(15-10-5-6-12-21(15)18)17(22)19-11-7-13-28(25,26)14-8-3-2-4-9-14/h2-6,8-10,12H,7,11,13H2,1H3,(H,19,22). The van der Waals surface area contributed by atoms with Crippen molar-refractivity contribution in [2.24, 2.45) is 0 Å². The van der Waals surface area contributed by atoms with Gasteiger partial charge in [0.2, 0.25) is 15.0 Å². The van der Waals surface area contributed by atoms with Crippen LogP contribution in [0.1, 0.15) is 16.9 Å². The third-order valence-corrected chi connectivity index (χ3v) is 6.81. The summed E-state index contributed by atoms with van der Waals surface area (Å²) in [6.07, 6.45) is 2.75. The molecular formula is C18H19N3O5S2. The summed E-state index contributed by atoms with van der Waals surface area (Å²) in [5.74, 6) is -0.675. The number of benzene rings is 1. The predicted molar refractivity (Wildman–Crippen MR) is 104 cm³/mol. The van der Waals surface area contributed by atoms with Gasteiger partial charge in [0.15, 0.2) is 15.5 Å². The van der Waals surface area contributed by atoms with Gasteiger partial charge in [-0.1, -0.05) is 24.3 Å². The lowest BCUT2D eigenvalue weighted by atomic mass is 10.3. The van der Waals surface area contributed by atoms with Crippen molar-refractivity contribution in [3.05, 3.63) is 60.4 Å². The third kappa shape index (κ3) is 4.23. The van der Waals surface area contributed by atoms with Crippen LogP contribution in [-0.2, 0) is 19.7 Å². The number of hydrogen-bond acceptors (Lipinski definition) is 6. The number of nitrogens with one attached hydrogen (secondary N) is 1. The predicted octanol–water partition coefficient (Wildman–Crippen LogP) is 1.33. The molecule has 8 nitrogen and oxygen atoms in total. The fourth-order valence-electron chi connectivity index (χ4n) is 2.73. The van der Waals surface area contributed by atoms with Crippen LogP contribution in [0.25, 0.3) is 5.52 Å². The van der Waals surface area contributed by atoms with Gasteiger partial charge in [-0.25, -0.2) is 21.8 Å². The number of fused-ring (bicyclic) bond motifs is 1. The van der Waals surface area contributed by atoms with E-state index in [9.17, 15) is 21.6 Å². The van der Waals surface area contributed by atoms with Gasteiger partial charge in [0.25, 0.3) is 5.91 Å². The van der Waals surface area contributed by atoms with Crippen LogP contribution in [0.3, 0.4) is 0 Å². The summed E-state index contributed by atoms with van der Waals surface area (Å²) < 4.78 is 49.6. The van der Waals surface area contributed by atoms with Crippen LogP contribution in [0.2, 0.25) is 0 Å². The Hall–Kier alpha value is -2.72. The molecule has 0 aliphatic rings. The van der Waals surface area contributed by atoms with E-state index in [1.807, 2.05) is 0 Å². The third-order valence-electron chi connectivity index (χ3n) is 4.04. The Bertz CT molecular complexity index is 1220. The number of nitrogens with zero attached hydrogens (tertiary/aromatic N) is 2. The molecule has 0 fully saturated rings. The maximum atomic E-state index is 12.5. The lowest BCUT2D eigenvalue weighted by molar-refractivity contribution is 0.0950. The summed E-state index contributed by atoms with van der Waals surface area (Å²) in [6.45, 7) is 0.116. The molecule has 1 amide bonds. The smallest absolute Gasteiger partial charge is 0.272 e. The number of amides is 1. The molecule has 0 aliphatic heterocycles. The van der Waals surface area contributed by atoms with E-state index < -0.39 is 25.6 Å². The van der Waals surface area contributed by atoms with Crippen LogP contribution in [0.4, 0.5) is 0 Å². The van der Waals surface area contributed by atoms with Crippen molar-refractivity contribution in [3.8, 4) is 0 Å². The summed E-state index contributed by atoms with van der Waals surface area (Å²) in [7, 11) is -7.05. The fourth-order valence-corrected chi connectivity index (χ4v) is 4.84. The minimum absolute atomic E-state index is 0.0214. The number of rotatable bonds is 7. The van der Waals surface area contributed by atoms with E-state index in [-0.39, 0.29) is 34.5 Å². The molecule has 3 rings (SSSR count). The normalized spacial score (nSPS) is 12.2. The molecule has 148 valence electrons. The molecule has 1 aromatic carbocycles. The molecule has 0 radical (unpaired) electrons. The molecule has 10 heteroatoms. The van der Waals surface area contributed by atoms with E-state index in [2.05, 4.69) is 10.3 Å². The van der Waals surface area contributed by atoms with Gasteiger partial charge in [0.05, 0.1) is 16.2 Å². The first-order valence-corrected chi connectivity index (χ1v) is 12.0. The van der Waals surface area contributed by atoms with Gasteiger partial charge in [-0.3, -0.25) is 9.20 Å². The molecule has 28 heavy (non-hydrogen) atoms. The second kappa shape index (κ2) is 7.72. The van der Waals surface area contributed by atoms with Crippen LogP contribution in [0, 0.1) is 0 Å². The quantitative estimate of drug-likeness (QED) is 0.576. The fraction of sp³-hybridized carbons (Fsp3) is 0.222. The van der Waals surface area contributed by atoms with Crippen molar-refractivity contribution in [3.63, 3.8) is 0 Å². The van der Waals surface area contributed by atoms with Crippen molar-refractivity contribution < 1.29 is 21.6 Å². The van der Waals surface area contributed by atoms with Crippen LogP contribution < -0.4 is 5.32 Å². The topological polar surface area (TPSA) is 115 Å². The number of pyridine rings is 1. The first kappa shape index (κ1) is 20.0. The van der Waals surface area contributed by atoms with Crippen molar-refractivity contribution in [2.75, 3.05) is 18.6 Å². The number of sulfone groups is 2. The Balaban J connectivity index is 1.69. The van der Waals surface area contributed by atoms with Crippen molar-refractivity contribution in [1.29, 1.82) is 0 Å². The van der Waals surface area contributed by atoms with E-state index in [0.717, 1.165) is 6.26 Å². The Labute approximate surface area is 163 Å². The van der Waals surface area contributed by atoms with Gasteiger partial charge in [0.1, 0.15) is 0 Å². The highest BCUT2D eigenvalue weighted by atomic mass is 32.2. The van der Waals surface area contributed by atoms with Gasteiger partial charge in [-0.05, 0) is 30.7 Å². The van der Waals surface area contributed by atoms with Gasteiger partial charge in [-0.2, -0.15) is 0 Å². The summed E-state index contributed by atoms with van der Waals surface area (Å²) in [5.41, 5.74) is 0.337. The summed E-state index contributed by atoms with van der Waals surface area (Å²) in [6, 6.07) is 13.0. The second-order valence-electron chi connectivity index (χ2n) is 6.21. The lowest BCUT2D eigenvalue weighted by Crippen LogP contribution is -2.26. The van der Waals surface area contributed by atoms with Crippen LogP contribution in [0.5, 0.6) is 0 Å². The molecule has 0 aliphatic carbocycles. The van der Waals surface area contributed by atoms with Crippen molar-refractivity contribution in [1.82, 2.24) is 14.7 Å². The molecule has 3 aromatic rings. The molecule has 0 spiro atoms. The van der Waals surface area contributed by atoms with E-state index >= 15 is 0 Å². The first-order valence-electron chi connectivity index (χ1n) is 8.43. The molecule has 0 saturated carbocycles. The number of carbonyl (C=O) groups excluding carboxylic acids is 1. The summed E-state index contributed by atoms with van der Waals surface area (Å²) in [5, 5.41) is 2.38. The second-order valence-corrected chi connectivity index (χ2v) is 10.2. The molecule has 0 bridgehead atoms. The van der Waals surface area contributed by atoms with Crippen molar-refractivity contribution in [2.45, 2.75) is 16.5 Å². The number of carbonyl (C=O) groups is 1. The van der Waals surface area contributed by atoms with Gasteiger partial charge in [-0.15, -0.1) is 0 Å². The maximum Gasteiger partial charge on any atom is 0.272 e. The molecule has 1 N–H and O–H groups in total. The molecule has 0 atom stereocenters. The number of imidazole rings is 1. The molecule has 2 aromatic heterocycles. The molecule has 2 heterocycles. The Kier molecular flexibility index (Phi) is 5.52. The van der Waals surface area contributed by atoms with E-state index in [4.69, 9.17) is 0 Å². The summed E-state index contributed by atoms with van der Waals surface area (Å²) >= 11 is 0. The highest BCUT2D eigenvalue weighted by Gasteiger charge is 2.22. The Morgan fingerprint density at radius 2 is 1.71 bits per heavy atom. The zero-order chi connectivity index (χ0) is 20.4. The monoisotopic (exact) mass is 421 g/mol. The van der Waals surface area contributed by atoms with Crippen LogP contribution >= 0.6 is 0 Å². The number of hydrogen-bond donors (Lipinski definition) is 1. The SMILES string of the molecule is CS(=O)(=O)c1nc(C(=O)NCCCS(=O)(=O)c2ccccc2)c2ccccn12. The lowest BCUT2D eigenvalue weighted by Gasteiger charge is -2.06. The zero-order valence-corrected chi connectivity index (χ0v) is 16.7. The van der Waals surface area contributed by atoms with Gasteiger partial charge in [0, 0.05) is 19.0 Å². The van der Waals surface area contributed by atoms with Gasteiger partial charge >= 0.3 is 0 Å². The van der Waals surface area contributed by atoms with E-state index in [1.165, 1.54) is 22.7 Å². The molecule has 0 unspecified atom stereocenters. The Morgan fingerprint density at radius 3 is 2.39 bits per heavy atom. The largest absolute Gasteiger partial charge is 0.351 e. The highest BCUT2D eigenvalue weighted by molar-refractivity contribution is 7.91. The maximum absolute atomic E-state index is 12.5. The Morgan fingerprint density at radius 1 is 1.04 bits per heavy atom.